The molecule has 98 valence electrons. The van der Waals surface area contributed by atoms with Gasteiger partial charge in [0.1, 0.15) is 10.0 Å². The Balaban J connectivity index is 2.08. The molecular weight excluding hydrogens is 254 g/mol. The van der Waals surface area contributed by atoms with E-state index in [0.717, 1.165) is 49.7 Å². The summed E-state index contributed by atoms with van der Waals surface area (Å²) in [7, 11) is 1.72. The molecule has 6 heteroatoms. The van der Waals surface area contributed by atoms with Gasteiger partial charge in [0, 0.05) is 26.5 Å². The van der Waals surface area contributed by atoms with Crippen molar-refractivity contribution in [3.05, 3.63) is 10.0 Å². The monoisotopic (exact) mass is 275 g/mol. The fraction of sp³-hybridized carbons (Fsp3) is 0.818. The summed E-state index contributed by atoms with van der Waals surface area (Å²) in [6, 6.07) is 0. The lowest BCUT2D eigenvalue weighted by Crippen LogP contribution is -2.20. The minimum atomic E-state index is 0.775. The number of rotatable bonds is 10. The average Bonchev–Trinajstić information content (AvgIpc) is 2.79. The fourth-order valence-electron chi connectivity index (χ4n) is 1.34. The Bertz CT molecular complexity index is 294. The standard InChI is InChI=1S/C11H21N3OS2/c1-15-8-7-12-6-3-4-10-13-14-11(17-10)5-9-16-2/h12H,3-9H2,1-2H3. The molecule has 17 heavy (non-hydrogen) atoms. The maximum absolute atomic E-state index is 4.96. The molecular formula is C11H21N3OS2. The lowest BCUT2D eigenvalue weighted by atomic mass is 10.3. The Morgan fingerprint density at radius 1 is 1.24 bits per heavy atom. The highest BCUT2D eigenvalue weighted by molar-refractivity contribution is 7.98. The molecule has 0 fully saturated rings. The zero-order valence-electron chi connectivity index (χ0n) is 10.6. The number of nitrogens with one attached hydrogen (secondary N) is 1. The molecule has 0 unspecified atom stereocenters. The molecule has 0 bridgehead atoms. The molecule has 1 heterocycles. The predicted molar refractivity (Wildman–Crippen MR) is 75.1 cm³/mol. The van der Waals surface area contributed by atoms with Crippen LogP contribution in [-0.2, 0) is 17.6 Å². The van der Waals surface area contributed by atoms with Gasteiger partial charge in [0.2, 0.25) is 0 Å². The lowest BCUT2D eigenvalue weighted by Gasteiger charge is -2.01. The van der Waals surface area contributed by atoms with Crippen LogP contribution in [0, 0.1) is 0 Å². The van der Waals surface area contributed by atoms with Crippen LogP contribution < -0.4 is 5.32 Å². The summed E-state index contributed by atoms with van der Waals surface area (Å²) >= 11 is 3.60. The highest BCUT2D eigenvalue weighted by atomic mass is 32.2. The fourth-order valence-corrected chi connectivity index (χ4v) is 2.76. The van der Waals surface area contributed by atoms with Crippen LogP contribution in [0.2, 0.25) is 0 Å². The van der Waals surface area contributed by atoms with E-state index < -0.39 is 0 Å². The molecule has 0 aliphatic heterocycles. The summed E-state index contributed by atoms with van der Waals surface area (Å²) in [5, 5.41) is 14.1. The molecule has 1 aromatic rings. The highest BCUT2D eigenvalue weighted by Gasteiger charge is 2.03. The smallest absolute Gasteiger partial charge is 0.118 e. The number of nitrogens with zero attached hydrogens (tertiary/aromatic N) is 2. The molecule has 0 aliphatic carbocycles. The third-order valence-electron chi connectivity index (χ3n) is 2.26. The maximum Gasteiger partial charge on any atom is 0.118 e. The number of hydrogen-bond acceptors (Lipinski definition) is 6. The molecule has 0 saturated carbocycles. The minimum absolute atomic E-state index is 0.775. The van der Waals surface area contributed by atoms with E-state index in [9.17, 15) is 0 Å². The van der Waals surface area contributed by atoms with Crippen molar-refractivity contribution in [2.45, 2.75) is 19.3 Å². The summed E-state index contributed by atoms with van der Waals surface area (Å²) in [6.45, 7) is 2.71. The molecule has 0 amide bonds. The Morgan fingerprint density at radius 3 is 2.71 bits per heavy atom. The van der Waals surface area contributed by atoms with Crippen LogP contribution in [0.4, 0.5) is 0 Å². The predicted octanol–water partition coefficient (Wildman–Crippen LogP) is 1.61. The Morgan fingerprint density at radius 2 is 2.00 bits per heavy atom. The van der Waals surface area contributed by atoms with Gasteiger partial charge in [-0.3, -0.25) is 0 Å². The van der Waals surface area contributed by atoms with Gasteiger partial charge in [0.25, 0.3) is 0 Å². The topological polar surface area (TPSA) is 47.0 Å². The highest BCUT2D eigenvalue weighted by Crippen LogP contribution is 2.13. The van der Waals surface area contributed by atoms with Crippen molar-refractivity contribution in [1.82, 2.24) is 15.5 Å². The normalized spacial score (nSPS) is 10.9. The Kier molecular flexibility index (Phi) is 8.60. The van der Waals surface area contributed by atoms with Crippen molar-refractivity contribution in [1.29, 1.82) is 0 Å². The average molecular weight is 275 g/mol. The van der Waals surface area contributed by atoms with Crippen LogP contribution in [0.1, 0.15) is 16.4 Å². The van der Waals surface area contributed by atoms with Gasteiger partial charge < -0.3 is 10.1 Å². The van der Waals surface area contributed by atoms with E-state index in [1.165, 1.54) is 5.01 Å². The largest absolute Gasteiger partial charge is 0.383 e. The van der Waals surface area contributed by atoms with Crippen LogP contribution in [0.5, 0.6) is 0 Å². The maximum atomic E-state index is 4.96. The van der Waals surface area contributed by atoms with Crippen molar-refractivity contribution in [3.63, 3.8) is 0 Å². The Labute approximate surface area is 112 Å². The first kappa shape index (κ1) is 14.9. The molecule has 0 atom stereocenters. The third kappa shape index (κ3) is 6.98. The first-order valence-corrected chi connectivity index (χ1v) is 8.07. The zero-order valence-corrected chi connectivity index (χ0v) is 12.2. The third-order valence-corrected chi connectivity index (χ3v) is 3.91. The summed E-state index contributed by atoms with van der Waals surface area (Å²) < 4.78 is 4.96. The van der Waals surface area contributed by atoms with E-state index in [4.69, 9.17) is 4.74 Å². The van der Waals surface area contributed by atoms with Gasteiger partial charge in [-0.1, -0.05) is 0 Å². The lowest BCUT2D eigenvalue weighted by molar-refractivity contribution is 0.199. The van der Waals surface area contributed by atoms with Crippen molar-refractivity contribution < 1.29 is 4.74 Å². The van der Waals surface area contributed by atoms with Crippen molar-refractivity contribution in [2.24, 2.45) is 0 Å². The van der Waals surface area contributed by atoms with Gasteiger partial charge in [0.05, 0.1) is 6.61 Å². The van der Waals surface area contributed by atoms with Crippen molar-refractivity contribution in [2.75, 3.05) is 38.8 Å². The molecule has 1 N–H and O–H groups in total. The number of aromatic nitrogens is 2. The van der Waals surface area contributed by atoms with Crippen LogP contribution in [0.25, 0.3) is 0 Å². The van der Waals surface area contributed by atoms with E-state index in [1.54, 1.807) is 18.4 Å². The SMILES string of the molecule is COCCNCCCc1nnc(CCSC)s1. The minimum Gasteiger partial charge on any atom is -0.383 e. The molecule has 0 saturated heterocycles. The summed E-state index contributed by atoms with van der Waals surface area (Å²) in [6.07, 6.45) is 5.30. The first-order valence-electron chi connectivity index (χ1n) is 5.86. The molecule has 0 radical (unpaired) electrons. The molecule has 0 spiro atoms. The zero-order chi connectivity index (χ0) is 12.3. The van der Waals surface area contributed by atoms with Gasteiger partial charge >= 0.3 is 0 Å². The number of ether oxygens (including phenoxy) is 1. The van der Waals surface area contributed by atoms with Crippen LogP contribution >= 0.6 is 23.1 Å². The molecule has 1 aromatic heterocycles. The van der Waals surface area contributed by atoms with Gasteiger partial charge in [0.15, 0.2) is 0 Å². The molecule has 0 aliphatic rings. The van der Waals surface area contributed by atoms with Crippen molar-refractivity contribution >= 4 is 23.1 Å². The van der Waals surface area contributed by atoms with E-state index in [-0.39, 0.29) is 0 Å². The second-order valence-corrected chi connectivity index (χ2v) is 5.81. The van der Waals surface area contributed by atoms with Gasteiger partial charge in [-0.2, -0.15) is 11.8 Å². The van der Waals surface area contributed by atoms with E-state index in [0.29, 0.717) is 0 Å². The summed E-state index contributed by atoms with van der Waals surface area (Å²) in [4.78, 5) is 0. The van der Waals surface area contributed by atoms with Gasteiger partial charge in [-0.15, -0.1) is 21.5 Å². The number of methoxy groups -OCH3 is 1. The Hall–Kier alpha value is -0.170. The van der Waals surface area contributed by atoms with Crippen LogP contribution in [0.3, 0.4) is 0 Å². The van der Waals surface area contributed by atoms with Gasteiger partial charge in [-0.25, -0.2) is 0 Å². The van der Waals surface area contributed by atoms with E-state index >= 15 is 0 Å². The van der Waals surface area contributed by atoms with E-state index in [1.807, 2.05) is 11.8 Å². The quantitative estimate of drug-likeness (QED) is 0.657. The second-order valence-electron chi connectivity index (χ2n) is 3.68. The molecule has 1 rings (SSSR count). The first-order chi connectivity index (χ1) is 8.36. The number of hydrogen-bond donors (Lipinski definition) is 1. The summed E-state index contributed by atoms with van der Waals surface area (Å²) in [5.41, 5.74) is 0. The molecule has 4 nitrogen and oxygen atoms in total. The number of aryl methyl sites for hydroxylation is 2. The van der Waals surface area contributed by atoms with Gasteiger partial charge in [-0.05, 0) is 25.0 Å². The van der Waals surface area contributed by atoms with Crippen LogP contribution in [-0.4, -0.2) is 49.0 Å². The van der Waals surface area contributed by atoms with E-state index in [2.05, 4.69) is 21.8 Å². The summed E-state index contributed by atoms with van der Waals surface area (Å²) in [5.74, 6) is 1.13. The van der Waals surface area contributed by atoms with Crippen LogP contribution in [0.15, 0.2) is 0 Å². The number of thioether (sulfide) groups is 1. The van der Waals surface area contributed by atoms with Crippen molar-refractivity contribution in [3.8, 4) is 0 Å². The second kappa shape index (κ2) is 9.82. The molecule has 0 aromatic carbocycles.